The molecule has 1 fully saturated rings. The minimum absolute atomic E-state index is 0.0297. The van der Waals surface area contributed by atoms with E-state index in [4.69, 9.17) is 14.8 Å². The second kappa shape index (κ2) is 4.85. The summed E-state index contributed by atoms with van der Waals surface area (Å²) in [6.07, 6.45) is 1.27. The maximum Gasteiger partial charge on any atom is 0.436 e. The lowest BCUT2D eigenvalue weighted by atomic mass is 10.0. The second-order valence-corrected chi connectivity index (χ2v) is 3.46. The fraction of sp³-hybridized carbons (Fsp3) is 0.400. The molecule has 1 saturated heterocycles. The van der Waals surface area contributed by atoms with Gasteiger partial charge in [0, 0.05) is 12.1 Å². The molecule has 8 heteroatoms. The predicted molar refractivity (Wildman–Crippen MR) is 55.4 cm³/mol. The summed E-state index contributed by atoms with van der Waals surface area (Å²) < 4.78 is 4.90. The number of oxime groups is 1. The number of nitriles is 1. The van der Waals surface area contributed by atoms with E-state index in [2.05, 4.69) is 9.99 Å². The van der Waals surface area contributed by atoms with Crippen molar-refractivity contribution in [3.8, 4) is 6.07 Å². The van der Waals surface area contributed by atoms with Gasteiger partial charge in [-0.05, 0) is 6.42 Å². The number of nitrogens with zero attached hydrogens (tertiary/aromatic N) is 3. The van der Waals surface area contributed by atoms with Crippen molar-refractivity contribution in [2.24, 2.45) is 5.16 Å². The van der Waals surface area contributed by atoms with Crippen LogP contribution in [0.15, 0.2) is 16.8 Å². The molecule has 0 N–H and O–H groups in total. The Labute approximate surface area is 102 Å². The minimum Gasteiger partial charge on any atom is -0.430 e. The number of hydrogen-bond acceptors (Lipinski definition) is 8. The van der Waals surface area contributed by atoms with Gasteiger partial charge < -0.3 is 14.4 Å². The van der Waals surface area contributed by atoms with Gasteiger partial charge in [-0.1, -0.05) is 16.3 Å². The molecule has 1 atom stereocenters. The molecule has 8 nitrogen and oxygen atoms in total. The lowest BCUT2D eigenvalue weighted by Crippen LogP contribution is -2.52. The normalized spacial score (nSPS) is 24.3. The summed E-state index contributed by atoms with van der Waals surface area (Å²) in [7, 11) is 1.30. The molecular weight excluding hydrogens is 242 g/mol. The van der Waals surface area contributed by atoms with E-state index in [1.165, 1.54) is 12.2 Å². The second-order valence-electron chi connectivity index (χ2n) is 3.46. The summed E-state index contributed by atoms with van der Waals surface area (Å²) in [4.78, 5) is 31.5. The van der Waals surface area contributed by atoms with Crippen molar-refractivity contribution < 1.29 is 24.0 Å². The van der Waals surface area contributed by atoms with E-state index in [-0.39, 0.29) is 5.71 Å². The Morgan fingerprint density at radius 2 is 2.39 bits per heavy atom. The van der Waals surface area contributed by atoms with E-state index >= 15 is 0 Å². The zero-order chi connectivity index (χ0) is 13.1. The maximum absolute atomic E-state index is 11.2. The fourth-order valence-electron chi connectivity index (χ4n) is 1.67. The van der Waals surface area contributed by atoms with Crippen molar-refractivity contribution in [3.63, 3.8) is 0 Å². The van der Waals surface area contributed by atoms with E-state index < -0.39 is 18.2 Å². The van der Waals surface area contributed by atoms with Crippen LogP contribution in [-0.4, -0.2) is 42.6 Å². The van der Waals surface area contributed by atoms with E-state index in [9.17, 15) is 9.59 Å². The van der Waals surface area contributed by atoms with Crippen LogP contribution in [0, 0.1) is 11.3 Å². The van der Waals surface area contributed by atoms with E-state index in [1.807, 2.05) is 6.07 Å². The lowest BCUT2D eigenvalue weighted by molar-refractivity contribution is -0.258. The van der Waals surface area contributed by atoms with E-state index in [1.54, 1.807) is 6.08 Å². The minimum atomic E-state index is -1.10. The Bertz CT molecular complexity index is 490. The average molecular weight is 251 g/mol. The van der Waals surface area contributed by atoms with Crippen molar-refractivity contribution >= 4 is 17.7 Å². The van der Waals surface area contributed by atoms with Gasteiger partial charge in [0.25, 0.3) is 0 Å². The Hall–Kier alpha value is -2.40. The van der Waals surface area contributed by atoms with Crippen LogP contribution in [-0.2, 0) is 24.0 Å². The Morgan fingerprint density at radius 3 is 3.06 bits per heavy atom. The topological polar surface area (TPSA) is 101 Å². The van der Waals surface area contributed by atoms with Crippen LogP contribution in [0.4, 0.5) is 0 Å². The quantitative estimate of drug-likeness (QED) is 0.282. The van der Waals surface area contributed by atoms with Gasteiger partial charge in [-0.25, -0.2) is 9.59 Å². The fourth-order valence-corrected chi connectivity index (χ4v) is 1.67. The third kappa shape index (κ3) is 2.03. The van der Waals surface area contributed by atoms with Gasteiger partial charge in [0.15, 0.2) is 5.71 Å². The number of esters is 1. The van der Waals surface area contributed by atoms with Crippen molar-refractivity contribution in [1.82, 2.24) is 5.06 Å². The molecule has 2 aliphatic heterocycles. The van der Waals surface area contributed by atoms with E-state index in [0.717, 1.165) is 0 Å². The lowest BCUT2D eigenvalue weighted by Gasteiger charge is -2.35. The molecule has 0 radical (unpaired) electrons. The van der Waals surface area contributed by atoms with Gasteiger partial charge >= 0.3 is 11.9 Å². The first kappa shape index (κ1) is 12.1. The summed E-state index contributed by atoms with van der Waals surface area (Å²) in [6, 6.07) is 1.83. The number of fused-ring (bicyclic) bond motifs is 1. The molecule has 2 heterocycles. The Balaban J connectivity index is 2.30. The van der Waals surface area contributed by atoms with Gasteiger partial charge in [-0.15, -0.1) is 0 Å². The van der Waals surface area contributed by atoms with Gasteiger partial charge in [-0.2, -0.15) is 5.26 Å². The molecule has 1 unspecified atom stereocenters. The summed E-state index contributed by atoms with van der Waals surface area (Å²) in [5, 5.41) is 13.7. The highest BCUT2D eigenvalue weighted by Crippen LogP contribution is 2.24. The van der Waals surface area contributed by atoms with Crippen LogP contribution in [0.25, 0.3) is 0 Å². The molecule has 18 heavy (non-hydrogen) atoms. The molecule has 0 bridgehead atoms. The first-order chi connectivity index (χ1) is 8.67. The number of rotatable bonds is 2. The molecule has 2 rings (SSSR count). The highest BCUT2D eigenvalue weighted by molar-refractivity contribution is 6.30. The molecule has 0 spiro atoms. The molecule has 0 aromatic carbocycles. The molecule has 0 amide bonds. The zero-order valence-corrected chi connectivity index (χ0v) is 9.45. The predicted octanol–water partition coefficient (Wildman–Crippen LogP) is -0.514. The maximum atomic E-state index is 11.2. The monoisotopic (exact) mass is 251 g/mol. The van der Waals surface area contributed by atoms with Gasteiger partial charge in [0.05, 0.1) is 0 Å². The number of ether oxygens (including phenoxy) is 1. The third-order valence-corrected chi connectivity index (χ3v) is 2.39. The van der Waals surface area contributed by atoms with Gasteiger partial charge in [0.1, 0.15) is 13.2 Å². The largest absolute Gasteiger partial charge is 0.436 e. The van der Waals surface area contributed by atoms with Crippen LogP contribution in [0.1, 0.15) is 6.42 Å². The summed E-state index contributed by atoms with van der Waals surface area (Å²) in [5.41, 5.74) is 0.310. The van der Waals surface area contributed by atoms with Crippen LogP contribution in [0.5, 0.6) is 0 Å². The van der Waals surface area contributed by atoms with Crippen LogP contribution in [0.2, 0.25) is 0 Å². The van der Waals surface area contributed by atoms with Crippen molar-refractivity contribution in [2.45, 2.75) is 12.6 Å². The summed E-state index contributed by atoms with van der Waals surface area (Å²) in [6.45, 7) is 0.374. The van der Waals surface area contributed by atoms with Crippen molar-refractivity contribution in [3.05, 3.63) is 11.6 Å². The van der Waals surface area contributed by atoms with E-state index in [0.29, 0.717) is 18.5 Å². The Morgan fingerprint density at radius 1 is 1.61 bits per heavy atom. The first-order valence-corrected chi connectivity index (χ1v) is 5.08. The number of carbonyl (C=O) groups excluding carboxylic acids is 2. The van der Waals surface area contributed by atoms with Crippen LogP contribution < -0.4 is 0 Å². The summed E-state index contributed by atoms with van der Waals surface area (Å²) >= 11 is 0. The molecular formula is C10H9N3O5. The molecule has 0 aromatic rings. The van der Waals surface area contributed by atoms with Crippen LogP contribution >= 0.6 is 0 Å². The number of hydroxylamine groups is 2. The molecule has 2 aliphatic rings. The highest BCUT2D eigenvalue weighted by Gasteiger charge is 2.41. The van der Waals surface area contributed by atoms with Gasteiger partial charge in [0.2, 0.25) is 6.23 Å². The van der Waals surface area contributed by atoms with Gasteiger partial charge in [-0.3, -0.25) is 0 Å². The standard InChI is InChI=1S/C10H9N3O5/c1-16-12-7(5-11)6-3-2-4-13-8(6)17-9(14)10(15)18-13/h3,8H,2,4H2,1H3/b12-7+. The average Bonchev–Trinajstić information content (AvgIpc) is 2.37. The zero-order valence-electron chi connectivity index (χ0n) is 9.45. The van der Waals surface area contributed by atoms with Crippen molar-refractivity contribution in [2.75, 3.05) is 13.7 Å². The van der Waals surface area contributed by atoms with Crippen molar-refractivity contribution in [1.29, 1.82) is 5.26 Å². The number of carbonyl (C=O) groups is 2. The van der Waals surface area contributed by atoms with Crippen LogP contribution in [0.3, 0.4) is 0 Å². The summed E-state index contributed by atoms with van der Waals surface area (Å²) in [5.74, 6) is -2.17. The Kier molecular flexibility index (Phi) is 3.25. The SMILES string of the molecule is CO/N=C(\C#N)C1=CCCN2OC(=O)C(=O)OC12. The molecule has 0 aliphatic carbocycles. The third-order valence-electron chi connectivity index (χ3n) is 2.39. The smallest absolute Gasteiger partial charge is 0.430 e. The molecule has 0 saturated carbocycles. The molecule has 0 aromatic heterocycles. The number of hydrogen-bond donors (Lipinski definition) is 0. The highest BCUT2D eigenvalue weighted by atomic mass is 16.8. The first-order valence-electron chi connectivity index (χ1n) is 5.08. The molecule has 94 valence electrons.